The van der Waals surface area contributed by atoms with Crippen LogP contribution in [0, 0.1) is 13.8 Å². The molecule has 0 bridgehead atoms. The molecule has 3 aromatic heterocycles. The highest BCUT2D eigenvalue weighted by atomic mass is 16.5. The van der Waals surface area contributed by atoms with Gasteiger partial charge in [-0.05, 0) is 19.9 Å². The molecule has 20 heavy (non-hydrogen) atoms. The first-order chi connectivity index (χ1) is 9.66. The molecular weight excluding hydrogens is 256 g/mol. The van der Waals surface area contributed by atoms with E-state index in [2.05, 4.69) is 10.1 Å². The molecule has 0 aliphatic heterocycles. The Morgan fingerprint density at radius 2 is 1.80 bits per heavy atom. The fourth-order valence-electron chi connectivity index (χ4n) is 2.67. The molecule has 0 saturated carbocycles. The SMILES string of the molecule is Cc1nc2onc(C)c2c2c1c(=O)oc1ccccc12. The summed E-state index contributed by atoms with van der Waals surface area (Å²) < 4.78 is 10.6. The third-order valence-electron chi connectivity index (χ3n) is 3.54. The monoisotopic (exact) mass is 266 g/mol. The van der Waals surface area contributed by atoms with Gasteiger partial charge in [-0.2, -0.15) is 0 Å². The van der Waals surface area contributed by atoms with Crippen LogP contribution in [0.1, 0.15) is 11.4 Å². The molecule has 0 spiro atoms. The van der Waals surface area contributed by atoms with E-state index in [1.807, 2.05) is 25.1 Å². The van der Waals surface area contributed by atoms with Crippen molar-refractivity contribution in [2.24, 2.45) is 0 Å². The van der Waals surface area contributed by atoms with E-state index in [-0.39, 0.29) is 5.63 Å². The highest BCUT2D eigenvalue weighted by Gasteiger charge is 2.18. The Balaban J connectivity index is 2.50. The molecule has 0 radical (unpaired) electrons. The molecule has 5 nitrogen and oxygen atoms in total. The van der Waals surface area contributed by atoms with Crippen molar-refractivity contribution in [2.75, 3.05) is 0 Å². The summed E-state index contributed by atoms with van der Waals surface area (Å²) >= 11 is 0. The predicted molar refractivity (Wildman–Crippen MR) is 74.8 cm³/mol. The van der Waals surface area contributed by atoms with Gasteiger partial charge in [-0.25, -0.2) is 9.78 Å². The first-order valence-corrected chi connectivity index (χ1v) is 6.25. The zero-order valence-electron chi connectivity index (χ0n) is 10.9. The van der Waals surface area contributed by atoms with Crippen LogP contribution in [0.3, 0.4) is 0 Å². The highest BCUT2D eigenvalue weighted by molar-refractivity contribution is 6.17. The van der Waals surface area contributed by atoms with Crippen molar-refractivity contribution in [2.45, 2.75) is 13.8 Å². The number of hydrogen-bond donors (Lipinski definition) is 0. The van der Waals surface area contributed by atoms with Gasteiger partial charge < -0.3 is 8.94 Å². The van der Waals surface area contributed by atoms with Gasteiger partial charge in [-0.1, -0.05) is 23.4 Å². The number of nitrogens with zero attached hydrogens (tertiary/aromatic N) is 2. The van der Waals surface area contributed by atoms with Crippen LogP contribution in [0.15, 0.2) is 38.0 Å². The van der Waals surface area contributed by atoms with Crippen LogP contribution < -0.4 is 5.63 Å². The van der Waals surface area contributed by atoms with Crippen molar-refractivity contribution < 1.29 is 8.94 Å². The minimum Gasteiger partial charge on any atom is -0.422 e. The lowest BCUT2D eigenvalue weighted by Gasteiger charge is -2.05. The normalized spacial score (nSPS) is 11.7. The van der Waals surface area contributed by atoms with Crippen LogP contribution in [-0.4, -0.2) is 10.1 Å². The molecular formula is C15H10N2O3. The summed E-state index contributed by atoms with van der Waals surface area (Å²) in [5.41, 5.74) is 1.92. The summed E-state index contributed by atoms with van der Waals surface area (Å²) in [6.07, 6.45) is 0. The molecule has 0 amide bonds. The lowest BCUT2D eigenvalue weighted by molar-refractivity contribution is 0.442. The number of fused-ring (bicyclic) bond motifs is 5. The fourth-order valence-corrected chi connectivity index (χ4v) is 2.67. The van der Waals surface area contributed by atoms with Crippen molar-refractivity contribution in [3.05, 3.63) is 46.1 Å². The minimum atomic E-state index is -0.383. The number of aryl methyl sites for hydroxylation is 2. The van der Waals surface area contributed by atoms with E-state index in [9.17, 15) is 4.79 Å². The van der Waals surface area contributed by atoms with Gasteiger partial charge in [0.2, 0.25) is 0 Å². The molecule has 1 aromatic carbocycles. The molecule has 0 aliphatic rings. The number of rotatable bonds is 0. The third-order valence-corrected chi connectivity index (χ3v) is 3.54. The number of benzene rings is 1. The smallest absolute Gasteiger partial charge is 0.346 e. The molecule has 4 rings (SSSR count). The Hall–Kier alpha value is -2.69. The van der Waals surface area contributed by atoms with Crippen molar-refractivity contribution in [3.8, 4) is 0 Å². The van der Waals surface area contributed by atoms with Gasteiger partial charge in [0.05, 0.1) is 22.2 Å². The zero-order valence-corrected chi connectivity index (χ0v) is 10.9. The predicted octanol–water partition coefficient (Wildman–Crippen LogP) is 3.10. The van der Waals surface area contributed by atoms with E-state index >= 15 is 0 Å². The Bertz CT molecular complexity index is 1040. The van der Waals surface area contributed by atoms with E-state index in [0.29, 0.717) is 28.1 Å². The molecule has 4 aromatic rings. The molecule has 0 fully saturated rings. The second-order valence-electron chi connectivity index (χ2n) is 4.78. The van der Waals surface area contributed by atoms with Gasteiger partial charge in [0, 0.05) is 10.8 Å². The quantitative estimate of drug-likeness (QED) is 0.361. The van der Waals surface area contributed by atoms with Gasteiger partial charge in [-0.3, -0.25) is 0 Å². The summed E-state index contributed by atoms with van der Waals surface area (Å²) in [6.45, 7) is 3.61. The van der Waals surface area contributed by atoms with Crippen LogP contribution >= 0.6 is 0 Å². The maximum Gasteiger partial charge on any atom is 0.346 e. The number of aromatic nitrogens is 2. The lowest BCUT2D eigenvalue weighted by Crippen LogP contribution is -2.03. The number of pyridine rings is 1. The summed E-state index contributed by atoms with van der Waals surface area (Å²) in [6, 6.07) is 7.45. The van der Waals surface area contributed by atoms with E-state index in [1.54, 1.807) is 13.0 Å². The van der Waals surface area contributed by atoms with Crippen molar-refractivity contribution in [1.29, 1.82) is 0 Å². The van der Waals surface area contributed by atoms with Crippen molar-refractivity contribution >= 4 is 32.8 Å². The Kier molecular flexibility index (Phi) is 2.04. The Morgan fingerprint density at radius 3 is 2.65 bits per heavy atom. The summed E-state index contributed by atoms with van der Waals surface area (Å²) in [7, 11) is 0. The van der Waals surface area contributed by atoms with E-state index < -0.39 is 0 Å². The van der Waals surface area contributed by atoms with Crippen molar-refractivity contribution in [3.63, 3.8) is 0 Å². The third kappa shape index (κ3) is 1.29. The van der Waals surface area contributed by atoms with Crippen LogP contribution in [0.5, 0.6) is 0 Å². The second-order valence-corrected chi connectivity index (χ2v) is 4.78. The summed E-state index contributed by atoms with van der Waals surface area (Å²) in [4.78, 5) is 16.5. The van der Waals surface area contributed by atoms with E-state index in [4.69, 9.17) is 8.94 Å². The molecule has 0 saturated heterocycles. The molecule has 0 unspecified atom stereocenters. The van der Waals surface area contributed by atoms with Crippen molar-refractivity contribution in [1.82, 2.24) is 10.1 Å². The highest BCUT2D eigenvalue weighted by Crippen LogP contribution is 2.32. The first kappa shape index (κ1) is 11.2. The molecule has 0 aliphatic carbocycles. The molecule has 5 heteroatoms. The van der Waals surface area contributed by atoms with Gasteiger partial charge in [0.15, 0.2) is 0 Å². The van der Waals surface area contributed by atoms with E-state index in [1.165, 1.54) is 0 Å². The minimum absolute atomic E-state index is 0.383. The van der Waals surface area contributed by atoms with E-state index in [0.717, 1.165) is 16.2 Å². The van der Waals surface area contributed by atoms with Crippen LogP contribution in [0.2, 0.25) is 0 Å². The maximum absolute atomic E-state index is 12.2. The van der Waals surface area contributed by atoms with Gasteiger partial charge >= 0.3 is 5.63 Å². The van der Waals surface area contributed by atoms with Crippen LogP contribution in [0.4, 0.5) is 0 Å². The molecule has 0 N–H and O–H groups in total. The molecule has 98 valence electrons. The lowest BCUT2D eigenvalue weighted by atomic mass is 10.0. The van der Waals surface area contributed by atoms with Gasteiger partial charge in [0.25, 0.3) is 5.71 Å². The zero-order chi connectivity index (χ0) is 13.9. The van der Waals surface area contributed by atoms with Gasteiger partial charge in [0.1, 0.15) is 5.58 Å². The second kappa shape index (κ2) is 3.66. The molecule has 3 heterocycles. The topological polar surface area (TPSA) is 69.1 Å². The number of para-hydroxylation sites is 1. The average molecular weight is 266 g/mol. The molecule has 0 atom stereocenters. The average Bonchev–Trinajstić information content (AvgIpc) is 2.79. The van der Waals surface area contributed by atoms with Crippen LogP contribution in [-0.2, 0) is 0 Å². The maximum atomic E-state index is 12.2. The summed E-state index contributed by atoms with van der Waals surface area (Å²) in [5.74, 6) is 0. The summed E-state index contributed by atoms with van der Waals surface area (Å²) in [5, 5.41) is 6.88. The largest absolute Gasteiger partial charge is 0.422 e. The Labute approximate surface area is 112 Å². The number of hydrogen-bond acceptors (Lipinski definition) is 5. The standard InChI is InChI=1S/C15H10N2O3/c1-7-12-13(11-8(2)17-20-14(11)16-7)9-5-3-4-6-10(9)19-15(12)18/h3-6H,1-2H3. The Morgan fingerprint density at radius 1 is 1.00 bits per heavy atom. The fraction of sp³-hybridized carbons (Fsp3) is 0.133. The van der Waals surface area contributed by atoms with Gasteiger partial charge in [-0.15, -0.1) is 0 Å². The van der Waals surface area contributed by atoms with Crippen LogP contribution in [0.25, 0.3) is 32.8 Å². The first-order valence-electron chi connectivity index (χ1n) is 6.25.